The molecule has 51 heavy (non-hydrogen) atoms. The zero-order valence-electron chi connectivity index (χ0n) is 32.6. The van der Waals surface area contributed by atoms with Gasteiger partial charge in [0.25, 0.3) is 0 Å². The number of hydrogen-bond donors (Lipinski definition) is 0. The van der Waals surface area contributed by atoms with Gasteiger partial charge in [-0.3, -0.25) is 0 Å². The highest BCUT2D eigenvalue weighted by atomic mass is 31.1. The molecular weight excluding hydrogens is 647 g/mol. The van der Waals surface area contributed by atoms with Crippen LogP contribution in [0.15, 0.2) is 66.7 Å². The predicted octanol–water partition coefficient (Wildman–Crippen LogP) is 11.4. The van der Waals surface area contributed by atoms with E-state index >= 15 is 0 Å². The Kier molecular flexibility index (Phi) is 14.3. The summed E-state index contributed by atoms with van der Waals surface area (Å²) in [7, 11) is -0.397. The van der Waals surface area contributed by atoms with E-state index in [1.165, 1.54) is 49.8 Å². The molecule has 4 nitrogen and oxygen atoms in total. The minimum absolute atomic E-state index is 0.397. The fourth-order valence-corrected chi connectivity index (χ4v) is 10.5. The van der Waals surface area contributed by atoms with E-state index in [9.17, 15) is 0 Å². The third-order valence-corrected chi connectivity index (χ3v) is 12.6. The molecule has 4 aromatic carbocycles. The van der Waals surface area contributed by atoms with Gasteiger partial charge in [0.1, 0.15) is 23.0 Å². The van der Waals surface area contributed by atoms with E-state index in [1.54, 1.807) is 0 Å². The third kappa shape index (κ3) is 9.50. The molecule has 274 valence electrons. The first kappa shape index (κ1) is 38.7. The molecule has 5 heteroatoms. The number of rotatable bonds is 15. The lowest BCUT2D eigenvalue weighted by Gasteiger charge is -2.29. The van der Waals surface area contributed by atoms with Crippen molar-refractivity contribution < 1.29 is 18.9 Å². The lowest BCUT2D eigenvalue weighted by atomic mass is 9.91. The van der Waals surface area contributed by atoms with Crippen molar-refractivity contribution in [1.29, 1.82) is 0 Å². The third-order valence-electron chi connectivity index (χ3n) is 9.50. The molecule has 0 aromatic heterocycles. The number of ether oxygens (including phenoxy) is 4. The highest BCUT2D eigenvalue weighted by Crippen LogP contribution is 2.47. The summed E-state index contributed by atoms with van der Waals surface area (Å²) in [6, 6.07) is 25.0. The lowest BCUT2D eigenvalue weighted by molar-refractivity contribution is 0.304. The minimum atomic E-state index is -0.397. The van der Waals surface area contributed by atoms with Crippen molar-refractivity contribution in [3.63, 3.8) is 0 Å². The summed E-state index contributed by atoms with van der Waals surface area (Å²) in [5.74, 6) is 4.02. The van der Waals surface area contributed by atoms with E-state index in [0.29, 0.717) is 37.7 Å². The van der Waals surface area contributed by atoms with Gasteiger partial charge < -0.3 is 18.9 Å². The van der Waals surface area contributed by atoms with Crippen LogP contribution in [-0.4, -0.2) is 37.7 Å². The molecule has 0 radical (unpaired) electrons. The van der Waals surface area contributed by atoms with Gasteiger partial charge in [-0.05, 0) is 98.9 Å². The van der Waals surface area contributed by atoms with E-state index in [2.05, 4.69) is 122 Å². The Balaban J connectivity index is 1.83. The SMILES string of the molecule is CCCOc1c2cccc1Cc1cccc(c1OCCC)Cc1cc(P(C(C)C)C(C)C)cc(c1OCCC)Cc1cccc(c1OCCC)C2. The van der Waals surface area contributed by atoms with Crippen molar-refractivity contribution in [1.82, 2.24) is 0 Å². The molecule has 0 unspecified atom stereocenters. The van der Waals surface area contributed by atoms with Crippen LogP contribution in [0.1, 0.15) is 126 Å². The van der Waals surface area contributed by atoms with Gasteiger partial charge in [0.15, 0.2) is 0 Å². The largest absolute Gasteiger partial charge is 0.493 e. The van der Waals surface area contributed by atoms with Crippen molar-refractivity contribution >= 4 is 13.2 Å². The average molecular weight is 709 g/mol. The molecule has 0 atom stereocenters. The molecule has 0 aliphatic heterocycles. The van der Waals surface area contributed by atoms with Crippen molar-refractivity contribution in [2.75, 3.05) is 26.4 Å². The molecule has 0 fully saturated rings. The molecule has 0 N–H and O–H groups in total. The Labute approximate surface area is 310 Å². The van der Waals surface area contributed by atoms with Crippen molar-refractivity contribution in [2.45, 2.75) is 118 Å². The lowest BCUT2D eigenvalue weighted by Crippen LogP contribution is -2.18. The van der Waals surface area contributed by atoms with Gasteiger partial charge in [-0.15, -0.1) is 0 Å². The van der Waals surface area contributed by atoms with E-state index in [-0.39, 0.29) is 0 Å². The average Bonchev–Trinajstić information content (AvgIpc) is 3.10. The van der Waals surface area contributed by atoms with Crippen LogP contribution in [0.2, 0.25) is 0 Å². The van der Waals surface area contributed by atoms with Crippen molar-refractivity contribution in [2.24, 2.45) is 0 Å². The highest BCUT2D eigenvalue weighted by Gasteiger charge is 2.26. The molecule has 0 spiro atoms. The van der Waals surface area contributed by atoms with Gasteiger partial charge in [0, 0.05) is 25.7 Å². The standard InChI is InChI=1S/C46H61O4P/c1-9-22-47-43-34-16-13-17-35(43)27-37-19-15-21-39(45(37)49-24-11-3)29-41-31-42(51(32(5)6)33(7)8)30-40(46(41)50-25-12-4)28-38-20-14-18-36(26-34)44(38)48-23-10-2/h13-21,30-33H,9-12,22-29H2,1-8H3. The minimum Gasteiger partial charge on any atom is -0.493 e. The normalized spacial score (nSPS) is 12.8. The number of hydrogen-bond acceptors (Lipinski definition) is 4. The van der Waals surface area contributed by atoms with Crippen LogP contribution < -0.4 is 24.3 Å². The Hall–Kier alpha value is -3.49. The smallest absolute Gasteiger partial charge is 0.126 e. The van der Waals surface area contributed by atoms with Crippen molar-refractivity contribution in [3.05, 3.63) is 111 Å². The molecule has 0 heterocycles. The Morgan fingerprint density at radius 2 is 0.686 bits per heavy atom. The van der Waals surface area contributed by atoms with E-state index < -0.39 is 7.92 Å². The molecule has 0 saturated carbocycles. The van der Waals surface area contributed by atoms with Crippen LogP contribution in [0.25, 0.3) is 0 Å². The fourth-order valence-electron chi connectivity index (χ4n) is 7.47. The zero-order chi connectivity index (χ0) is 36.3. The van der Waals surface area contributed by atoms with Gasteiger partial charge in [0.05, 0.1) is 26.4 Å². The summed E-state index contributed by atoms with van der Waals surface area (Å²) in [5, 5.41) is 1.46. The van der Waals surface area contributed by atoms with E-state index in [0.717, 1.165) is 74.4 Å². The summed E-state index contributed by atoms with van der Waals surface area (Å²) in [4.78, 5) is 0. The Morgan fingerprint density at radius 1 is 0.431 bits per heavy atom. The second-order valence-electron chi connectivity index (χ2n) is 14.5. The summed E-state index contributed by atoms with van der Waals surface area (Å²) in [5.41, 5.74) is 10.8. The van der Waals surface area contributed by atoms with Gasteiger partial charge >= 0.3 is 0 Å². The van der Waals surface area contributed by atoms with Gasteiger partial charge in [-0.25, -0.2) is 0 Å². The van der Waals surface area contributed by atoms with Gasteiger partial charge in [0.2, 0.25) is 0 Å². The number of fused-ring (bicyclic) bond motifs is 8. The monoisotopic (exact) mass is 708 g/mol. The quantitative estimate of drug-likeness (QED) is 0.101. The topological polar surface area (TPSA) is 36.9 Å². The van der Waals surface area contributed by atoms with Crippen LogP contribution in [0, 0.1) is 0 Å². The number of benzene rings is 4. The zero-order valence-corrected chi connectivity index (χ0v) is 33.5. The predicted molar refractivity (Wildman–Crippen MR) is 217 cm³/mol. The molecule has 0 saturated heterocycles. The first-order valence-corrected chi connectivity index (χ1v) is 21.0. The van der Waals surface area contributed by atoms with E-state index in [1.807, 2.05) is 0 Å². The molecule has 5 rings (SSSR count). The Bertz CT molecular complexity index is 1610. The van der Waals surface area contributed by atoms with Crippen LogP contribution in [0.3, 0.4) is 0 Å². The van der Waals surface area contributed by atoms with Crippen LogP contribution in [-0.2, 0) is 25.7 Å². The summed E-state index contributed by atoms with van der Waals surface area (Å²) < 4.78 is 26.8. The first-order chi connectivity index (χ1) is 24.8. The molecule has 8 bridgehead atoms. The Morgan fingerprint density at radius 3 is 0.941 bits per heavy atom. The van der Waals surface area contributed by atoms with E-state index in [4.69, 9.17) is 18.9 Å². The molecule has 4 aromatic rings. The van der Waals surface area contributed by atoms with Crippen LogP contribution in [0.4, 0.5) is 0 Å². The maximum Gasteiger partial charge on any atom is 0.126 e. The molecule has 1 aliphatic rings. The van der Waals surface area contributed by atoms with Crippen LogP contribution >= 0.6 is 7.92 Å². The maximum absolute atomic E-state index is 6.80. The highest BCUT2D eigenvalue weighted by molar-refractivity contribution is 7.66. The van der Waals surface area contributed by atoms with Gasteiger partial charge in [-0.1, -0.05) is 118 Å². The fraction of sp³-hybridized carbons (Fsp3) is 0.478. The number of para-hydroxylation sites is 3. The summed E-state index contributed by atoms with van der Waals surface area (Å²) in [6.07, 6.45) is 6.75. The van der Waals surface area contributed by atoms with Crippen LogP contribution in [0.5, 0.6) is 23.0 Å². The second-order valence-corrected chi connectivity index (χ2v) is 17.9. The van der Waals surface area contributed by atoms with Crippen molar-refractivity contribution in [3.8, 4) is 23.0 Å². The molecular formula is C46H61O4P. The summed E-state index contributed by atoms with van der Waals surface area (Å²) >= 11 is 0. The molecule has 1 aliphatic carbocycles. The maximum atomic E-state index is 6.80. The first-order valence-electron chi connectivity index (χ1n) is 19.6. The molecule has 0 amide bonds. The second kappa shape index (κ2) is 18.8. The summed E-state index contributed by atoms with van der Waals surface area (Å²) in [6.45, 7) is 21.0. The van der Waals surface area contributed by atoms with Gasteiger partial charge in [-0.2, -0.15) is 0 Å².